The number of piperidine rings is 1. The molecule has 0 radical (unpaired) electrons. The average molecular weight is 540 g/mol. The maximum atomic E-state index is 14.7. The maximum Gasteiger partial charge on any atom is 0.223 e. The molecule has 1 unspecified atom stereocenters. The monoisotopic (exact) mass is 539 g/mol. The zero-order valence-electron chi connectivity index (χ0n) is 18.8. The maximum absolute atomic E-state index is 14.7. The first-order valence-electron chi connectivity index (χ1n) is 10.5. The number of aliphatic imine (C=N–C) groups is 1. The fourth-order valence-electron chi connectivity index (χ4n) is 3.08. The quantitative estimate of drug-likeness (QED) is 0.379. The average Bonchev–Trinajstić information content (AvgIpc) is 2.76. The van der Waals surface area contributed by atoms with Gasteiger partial charge in [0, 0.05) is 35.6 Å². The van der Waals surface area contributed by atoms with Crippen molar-refractivity contribution >= 4 is 50.4 Å². The first-order valence-corrected chi connectivity index (χ1v) is 12.8. The minimum absolute atomic E-state index is 0.0688. The third-order valence-corrected chi connectivity index (χ3v) is 5.25. The summed E-state index contributed by atoms with van der Waals surface area (Å²) in [5, 5.41) is 6.73. The van der Waals surface area contributed by atoms with E-state index >= 15 is 0 Å². The van der Waals surface area contributed by atoms with E-state index in [1.807, 2.05) is 13.8 Å². The summed E-state index contributed by atoms with van der Waals surface area (Å²) in [6.07, 6.45) is 6.45. The van der Waals surface area contributed by atoms with Crippen molar-refractivity contribution in [1.82, 2.24) is 15.3 Å². The molecule has 1 aliphatic heterocycles. The standard InChI is InChI=1S/C21H26BrFN6.CH4O2S/c1-13(2)27-12-16(20(24)15-4-3-5-17(22)19(15)23)18-8-11-26-21(29-18)28-14-6-9-25-10-7-14;1-4(2)3/h3-5,8,11-14,25H,6-7,9-10,24H2,1-2H3,(H,26,28,29);1H3,(H,2,3)/p-1/b20-16+,27-12?;. The number of allylic oxidation sites excluding steroid dienone is 1. The Hall–Kier alpha value is -2.21. The molecule has 0 saturated carbocycles. The van der Waals surface area contributed by atoms with Crippen LogP contribution in [0, 0.1) is 5.82 Å². The number of hydrogen-bond donors (Lipinski definition) is 3. The lowest BCUT2D eigenvalue weighted by Crippen LogP contribution is -2.35. The van der Waals surface area contributed by atoms with Gasteiger partial charge in [0.2, 0.25) is 5.95 Å². The molecule has 0 aliphatic carbocycles. The summed E-state index contributed by atoms with van der Waals surface area (Å²) in [6, 6.07) is 7.19. The first kappa shape index (κ1) is 27.0. The lowest BCUT2D eigenvalue weighted by atomic mass is 10.0. The van der Waals surface area contributed by atoms with Crippen LogP contribution in [-0.4, -0.2) is 56.4 Å². The van der Waals surface area contributed by atoms with Gasteiger partial charge < -0.3 is 20.9 Å². The highest BCUT2D eigenvalue weighted by Crippen LogP contribution is 2.27. The molecule has 2 aromatic rings. The fourth-order valence-corrected chi connectivity index (χ4v) is 3.45. The molecule has 11 heteroatoms. The smallest absolute Gasteiger partial charge is 0.223 e. The molecule has 0 bridgehead atoms. The van der Waals surface area contributed by atoms with Gasteiger partial charge in [-0.3, -0.25) is 9.20 Å². The van der Waals surface area contributed by atoms with Gasteiger partial charge in [0.1, 0.15) is 5.82 Å². The Morgan fingerprint density at radius 1 is 1.39 bits per heavy atom. The molecule has 1 aromatic carbocycles. The van der Waals surface area contributed by atoms with E-state index in [0.717, 1.165) is 32.2 Å². The molecular formula is C22H29BrFN6O2S-. The van der Waals surface area contributed by atoms with Gasteiger partial charge in [0.15, 0.2) is 0 Å². The summed E-state index contributed by atoms with van der Waals surface area (Å²) in [4.78, 5) is 13.4. The topological polar surface area (TPSA) is 128 Å². The second-order valence-electron chi connectivity index (χ2n) is 7.64. The predicted octanol–water partition coefficient (Wildman–Crippen LogP) is 3.34. The van der Waals surface area contributed by atoms with Crippen LogP contribution in [0.1, 0.15) is 37.9 Å². The van der Waals surface area contributed by atoms with Crippen molar-refractivity contribution in [3.8, 4) is 0 Å². The van der Waals surface area contributed by atoms with Crippen molar-refractivity contribution in [2.45, 2.75) is 38.8 Å². The van der Waals surface area contributed by atoms with E-state index in [1.165, 1.54) is 0 Å². The molecule has 1 fully saturated rings. The van der Waals surface area contributed by atoms with E-state index in [4.69, 9.17) is 14.5 Å². The minimum atomic E-state index is -1.86. The van der Waals surface area contributed by atoms with Crippen LogP contribution < -0.4 is 16.4 Å². The molecule has 1 saturated heterocycles. The third-order valence-electron chi connectivity index (χ3n) is 4.64. The molecule has 0 spiro atoms. The lowest BCUT2D eigenvalue weighted by Gasteiger charge is -2.23. The number of benzene rings is 1. The Bertz CT molecular complexity index is 1010. The molecule has 33 heavy (non-hydrogen) atoms. The van der Waals surface area contributed by atoms with Crippen LogP contribution in [0.15, 0.2) is 39.9 Å². The molecule has 8 nitrogen and oxygen atoms in total. The SMILES string of the molecule is CC(C)N=C/C(=C(\N)c1cccc(Br)c1F)c1ccnc(NC2CCNCC2)n1.CS(=O)[O-]. The second-order valence-corrected chi connectivity index (χ2v) is 9.29. The van der Waals surface area contributed by atoms with Crippen LogP contribution in [-0.2, 0) is 11.1 Å². The first-order chi connectivity index (χ1) is 15.7. The van der Waals surface area contributed by atoms with Gasteiger partial charge in [-0.2, -0.15) is 0 Å². The Kier molecular flexibility index (Phi) is 11.0. The van der Waals surface area contributed by atoms with E-state index in [1.54, 1.807) is 36.7 Å². The normalized spacial score (nSPS) is 16.2. The van der Waals surface area contributed by atoms with Gasteiger partial charge in [-0.1, -0.05) is 17.1 Å². The molecule has 1 aromatic heterocycles. The number of nitrogens with two attached hydrogens (primary N) is 1. The molecule has 4 N–H and O–H groups in total. The van der Waals surface area contributed by atoms with Crippen molar-refractivity contribution in [1.29, 1.82) is 0 Å². The number of nitrogens with one attached hydrogen (secondary N) is 2. The number of rotatable bonds is 6. The van der Waals surface area contributed by atoms with Crippen molar-refractivity contribution < 1.29 is 13.2 Å². The number of nitrogens with zero attached hydrogens (tertiary/aromatic N) is 3. The second kappa shape index (κ2) is 13.5. The van der Waals surface area contributed by atoms with Crippen LogP contribution in [0.4, 0.5) is 10.3 Å². The van der Waals surface area contributed by atoms with E-state index in [2.05, 4.69) is 41.5 Å². The third kappa shape index (κ3) is 8.92. The zero-order chi connectivity index (χ0) is 24.4. The highest BCUT2D eigenvalue weighted by molar-refractivity contribution is 9.10. The highest BCUT2D eigenvalue weighted by Gasteiger charge is 2.17. The minimum Gasteiger partial charge on any atom is -0.773 e. The van der Waals surface area contributed by atoms with Crippen LogP contribution in [0.25, 0.3) is 11.3 Å². The van der Waals surface area contributed by atoms with Crippen molar-refractivity contribution in [3.63, 3.8) is 0 Å². The summed E-state index contributed by atoms with van der Waals surface area (Å²) in [5.74, 6) is 0.120. The number of anilines is 1. The Labute approximate surface area is 204 Å². The van der Waals surface area contributed by atoms with E-state index in [9.17, 15) is 4.39 Å². The largest absolute Gasteiger partial charge is 0.773 e. The summed E-state index contributed by atoms with van der Waals surface area (Å²) in [7, 11) is 0. The lowest BCUT2D eigenvalue weighted by molar-refractivity contribution is 0.477. The number of hydrogen-bond acceptors (Lipinski definition) is 8. The van der Waals surface area contributed by atoms with E-state index in [0.29, 0.717) is 33.3 Å². The van der Waals surface area contributed by atoms with Crippen LogP contribution >= 0.6 is 15.9 Å². The highest BCUT2D eigenvalue weighted by atomic mass is 79.9. The van der Waals surface area contributed by atoms with Crippen molar-refractivity contribution in [3.05, 3.63) is 52.0 Å². The Morgan fingerprint density at radius 3 is 2.70 bits per heavy atom. The molecule has 0 amide bonds. The van der Waals surface area contributed by atoms with Crippen LogP contribution in [0.2, 0.25) is 0 Å². The van der Waals surface area contributed by atoms with Crippen LogP contribution in [0.3, 0.4) is 0 Å². The Balaban J connectivity index is 0.000000890. The number of aromatic nitrogens is 2. The number of halogens is 2. The molecule has 2 heterocycles. The zero-order valence-corrected chi connectivity index (χ0v) is 21.2. The summed E-state index contributed by atoms with van der Waals surface area (Å²) < 4.78 is 33.0. The molecule has 1 atom stereocenters. The molecule has 1 aliphatic rings. The molecular weight excluding hydrogens is 511 g/mol. The fraction of sp³-hybridized carbons (Fsp3) is 0.409. The summed E-state index contributed by atoms with van der Waals surface area (Å²) in [6.45, 7) is 5.87. The van der Waals surface area contributed by atoms with Gasteiger partial charge in [-0.25, -0.2) is 14.4 Å². The van der Waals surface area contributed by atoms with E-state index < -0.39 is 16.9 Å². The van der Waals surface area contributed by atoms with Crippen LogP contribution in [0.5, 0.6) is 0 Å². The molecule has 3 rings (SSSR count). The van der Waals surface area contributed by atoms with Gasteiger partial charge in [-0.15, -0.1) is 0 Å². The predicted molar refractivity (Wildman–Crippen MR) is 135 cm³/mol. The van der Waals surface area contributed by atoms with E-state index in [-0.39, 0.29) is 11.7 Å². The van der Waals surface area contributed by atoms with Crippen molar-refractivity contribution in [2.24, 2.45) is 10.7 Å². The van der Waals surface area contributed by atoms with Gasteiger partial charge in [-0.05, 0) is 80.2 Å². The van der Waals surface area contributed by atoms with Crippen molar-refractivity contribution in [2.75, 3.05) is 24.7 Å². The summed E-state index contributed by atoms with van der Waals surface area (Å²) in [5.41, 5.74) is 8.14. The van der Waals surface area contributed by atoms with Gasteiger partial charge >= 0.3 is 0 Å². The van der Waals surface area contributed by atoms with Gasteiger partial charge in [0.25, 0.3) is 0 Å². The van der Waals surface area contributed by atoms with Gasteiger partial charge in [0.05, 0.1) is 15.9 Å². The Morgan fingerprint density at radius 2 is 2.06 bits per heavy atom. The summed E-state index contributed by atoms with van der Waals surface area (Å²) >= 11 is 1.36. The molecule has 180 valence electrons.